The molecule has 0 bridgehead atoms. The van der Waals surface area contributed by atoms with Gasteiger partial charge in [0.25, 0.3) is 5.91 Å². The van der Waals surface area contributed by atoms with Crippen LogP contribution in [0.3, 0.4) is 0 Å². The summed E-state index contributed by atoms with van der Waals surface area (Å²) in [6.45, 7) is 7.67. The first-order chi connectivity index (χ1) is 10.0. The normalized spacial score (nSPS) is 16.9. The van der Waals surface area contributed by atoms with Crippen molar-refractivity contribution in [3.05, 3.63) is 29.1 Å². The zero-order valence-corrected chi connectivity index (χ0v) is 12.8. The summed E-state index contributed by atoms with van der Waals surface area (Å²) in [6, 6.07) is 2.79. The molecule has 1 heterocycles. The summed E-state index contributed by atoms with van der Waals surface area (Å²) in [5, 5.41) is 2.90. The Kier molecular flexibility index (Phi) is 5.17. The van der Waals surface area contributed by atoms with Crippen molar-refractivity contribution < 1.29 is 9.18 Å². The second-order valence-corrected chi connectivity index (χ2v) is 5.76. The molecule has 0 unspecified atom stereocenters. The maximum Gasteiger partial charge on any atom is 0.251 e. The first kappa shape index (κ1) is 15.8. The zero-order chi connectivity index (χ0) is 15.4. The van der Waals surface area contributed by atoms with Gasteiger partial charge in [-0.2, -0.15) is 0 Å². The summed E-state index contributed by atoms with van der Waals surface area (Å²) in [5.74, 6) is -0.181. The lowest BCUT2D eigenvalue weighted by molar-refractivity contribution is 0.0936. The lowest BCUT2D eigenvalue weighted by Crippen LogP contribution is -2.38. The highest BCUT2D eigenvalue weighted by molar-refractivity contribution is 5.95. The Morgan fingerprint density at radius 1 is 1.43 bits per heavy atom. The van der Waals surface area contributed by atoms with Crippen LogP contribution in [0.25, 0.3) is 0 Å². The first-order valence-corrected chi connectivity index (χ1v) is 7.57. The molecule has 0 saturated carbocycles. The van der Waals surface area contributed by atoms with Gasteiger partial charge >= 0.3 is 0 Å². The third kappa shape index (κ3) is 3.94. The highest BCUT2D eigenvalue weighted by atomic mass is 19.1. The van der Waals surface area contributed by atoms with Crippen LogP contribution < -0.4 is 11.1 Å². The minimum atomic E-state index is -0.434. The molecule has 0 aromatic heterocycles. The third-order valence-electron chi connectivity index (χ3n) is 4.35. The van der Waals surface area contributed by atoms with Crippen LogP contribution in [0.1, 0.15) is 35.7 Å². The first-order valence-electron chi connectivity index (χ1n) is 7.57. The third-order valence-corrected chi connectivity index (χ3v) is 4.35. The number of anilines is 1. The topological polar surface area (TPSA) is 58.4 Å². The van der Waals surface area contributed by atoms with Gasteiger partial charge < -0.3 is 16.0 Å². The van der Waals surface area contributed by atoms with Gasteiger partial charge in [-0.3, -0.25) is 4.79 Å². The number of carbonyl (C=O) groups is 1. The summed E-state index contributed by atoms with van der Waals surface area (Å²) in [6.07, 6.45) is 2.19. The van der Waals surface area contributed by atoms with Crippen molar-refractivity contribution in [2.75, 3.05) is 31.9 Å². The summed E-state index contributed by atoms with van der Waals surface area (Å²) in [5.41, 5.74) is 6.70. The average molecular weight is 293 g/mol. The molecule has 1 amide bonds. The van der Waals surface area contributed by atoms with Gasteiger partial charge in [-0.15, -0.1) is 0 Å². The Labute approximate surface area is 125 Å². The van der Waals surface area contributed by atoms with E-state index in [1.165, 1.54) is 12.1 Å². The number of nitrogens with zero attached hydrogens (tertiary/aromatic N) is 1. The number of amides is 1. The number of benzene rings is 1. The fourth-order valence-electron chi connectivity index (χ4n) is 2.68. The molecule has 1 aromatic carbocycles. The maximum atomic E-state index is 13.6. The lowest BCUT2D eigenvalue weighted by Gasteiger charge is -2.31. The second-order valence-electron chi connectivity index (χ2n) is 5.76. The van der Waals surface area contributed by atoms with E-state index in [4.69, 9.17) is 5.73 Å². The Morgan fingerprint density at radius 3 is 2.67 bits per heavy atom. The molecule has 1 aromatic rings. The van der Waals surface area contributed by atoms with E-state index in [-0.39, 0.29) is 5.91 Å². The summed E-state index contributed by atoms with van der Waals surface area (Å²) in [4.78, 5) is 14.5. The Balaban J connectivity index is 1.88. The van der Waals surface area contributed by atoms with Crippen LogP contribution in [0.15, 0.2) is 12.1 Å². The number of rotatable bonds is 4. The van der Waals surface area contributed by atoms with Crippen molar-refractivity contribution in [2.24, 2.45) is 5.92 Å². The molecule has 116 valence electrons. The number of hydrogen-bond acceptors (Lipinski definition) is 3. The molecular formula is C16H24FN3O. The number of hydrogen-bond donors (Lipinski definition) is 2. The monoisotopic (exact) mass is 293 g/mol. The predicted octanol–water partition coefficient (Wildman–Crippen LogP) is 2.18. The molecular weight excluding hydrogens is 269 g/mol. The van der Waals surface area contributed by atoms with Crippen LogP contribution in [0.4, 0.5) is 10.1 Å². The molecule has 0 atom stereocenters. The van der Waals surface area contributed by atoms with E-state index in [9.17, 15) is 9.18 Å². The van der Waals surface area contributed by atoms with E-state index in [1.807, 2.05) is 0 Å². The Hall–Kier alpha value is -1.62. The number of nitrogens with one attached hydrogen (secondary N) is 1. The number of nitrogen functional groups attached to an aromatic ring is 1. The van der Waals surface area contributed by atoms with E-state index >= 15 is 0 Å². The number of likely N-dealkylation sites (tertiary alicyclic amines) is 1. The molecule has 4 nitrogen and oxygen atoms in total. The molecule has 1 saturated heterocycles. The molecule has 2 rings (SSSR count). The van der Waals surface area contributed by atoms with Gasteiger partial charge in [0.2, 0.25) is 0 Å². The Bertz CT molecular complexity index is 487. The number of carbonyl (C=O) groups excluding carboxylic acids is 1. The highest BCUT2D eigenvalue weighted by Gasteiger charge is 2.19. The van der Waals surface area contributed by atoms with Crippen molar-refractivity contribution in [3.8, 4) is 0 Å². The summed E-state index contributed by atoms with van der Waals surface area (Å²) < 4.78 is 13.6. The smallest absolute Gasteiger partial charge is 0.251 e. The fraction of sp³-hybridized carbons (Fsp3) is 0.562. The van der Waals surface area contributed by atoms with E-state index < -0.39 is 5.82 Å². The summed E-state index contributed by atoms with van der Waals surface area (Å²) >= 11 is 0. The maximum absolute atomic E-state index is 13.6. The number of nitrogens with two attached hydrogens (primary N) is 1. The fourth-order valence-corrected chi connectivity index (χ4v) is 2.68. The van der Waals surface area contributed by atoms with Gasteiger partial charge in [-0.1, -0.05) is 6.92 Å². The molecule has 3 N–H and O–H groups in total. The molecule has 1 aliphatic rings. The van der Waals surface area contributed by atoms with Gasteiger partial charge in [-0.05, 0) is 57.5 Å². The van der Waals surface area contributed by atoms with Gasteiger partial charge in [0.05, 0.1) is 0 Å². The quantitative estimate of drug-likeness (QED) is 0.837. The second kappa shape index (κ2) is 6.89. The van der Waals surface area contributed by atoms with E-state index in [0.29, 0.717) is 29.3 Å². The van der Waals surface area contributed by atoms with E-state index in [0.717, 1.165) is 32.5 Å². The number of halogens is 1. The van der Waals surface area contributed by atoms with Crippen molar-refractivity contribution in [3.63, 3.8) is 0 Å². The molecule has 0 spiro atoms. The molecule has 0 radical (unpaired) electrons. The molecule has 0 aliphatic carbocycles. The molecule has 5 heteroatoms. The molecule has 1 aliphatic heterocycles. The Morgan fingerprint density at radius 2 is 2.10 bits per heavy atom. The minimum absolute atomic E-state index is 0.251. The van der Waals surface area contributed by atoms with Crippen LogP contribution in [-0.4, -0.2) is 37.0 Å². The van der Waals surface area contributed by atoms with Gasteiger partial charge in [-0.25, -0.2) is 4.39 Å². The van der Waals surface area contributed by atoms with Crippen molar-refractivity contribution in [1.82, 2.24) is 10.2 Å². The van der Waals surface area contributed by atoms with Crippen LogP contribution in [0.2, 0.25) is 0 Å². The SMILES string of the molecule is CCN1CCC(CNC(=O)c2cc(N)c(C)c(F)c2)CC1. The van der Waals surface area contributed by atoms with Crippen LogP contribution in [-0.2, 0) is 0 Å². The summed E-state index contributed by atoms with van der Waals surface area (Å²) in [7, 11) is 0. The standard InChI is InChI=1S/C16H24FN3O/c1-3-20-6-4-12(5-7-20)10-19-16(21)13-8-14(17)11(2)15(18)9-13/h8-9,12H,3-7,10,18H2,1-2H3,(H,19,21). The number of piperidine rings is 1. The zero-order valence-electron chi connectivity index (χ0n) is 12.8. The van der Waals surface area contributed by atoms with Crippen LogP contribution in [0.5, 0.6) is 0 Å². The van der Waals surface area contributed by atoms with Crippen LogP contribution >= 0.6 is 0 Å². The molecule has 21 heavy (non-hydrogen) atoms. The van der Waals surface area contributed by atoms with Crippen molar-refractivity contribution in [1.29, 1.82) is 0 Å². The predicted molar refractivity (Wildman–Crippen MR) is 82.7 cm³/mol. The molecule has 1 fully saturated rings. The van der Waals surface area contributed by atoms with Gasteiger partial charge in [0.15, 0.2) is 0 Å². The van der Waals surface area contributed by atoms with Gasteiger partial charge in [0.1, 0.15) is 5.82 Å². The van der Waals surface area contributed by atoms with Crippen molar-refractivity contribution >= 4 is 11.6 Å². The highest BCUT2D eigenvalue weighted by Crippen LogP contribution is 2.19. The van der Waals surface area contributed by atoms with E-state index in [1.54, 1.807) is 6.92 Å². The van der Waals surface area contributed by atoms with Crippen molar-refractivity contribution in [2.45, 2.75) is 26.7 Å². The van der Waals surface area contributed by atoms with Crippen LogP contribution in [0, 0.1) is 18.7 Å². The average Bonchev–Trinajstić information content (AvgIpc) is 2.50. The van der Waals surface area contributed by atoms with E-state index in [2.05, 4.69) is 17.1 Å². The minimum Gasteiger partial charge on any atom is -0.398 e. The lowest BCUT2D eigenvalue weighted by atomic mass is 9.96. The van der Waals surface area contributed by atoms with Gasteiger partial charge in [0, 0.05) is 23.4 Å². The largest absolute Gasteiger partial charge is 0.398 e.